The first kappa shape index (κ1) is 15.5. The van der Waals surface area contributed by atoms with E-state index in [0.717, 1.165) is 42.6 Å². The zero-order chi connectivity index (χ0) is 15.5. The Bertz CT molecular complexity index is 673. The van der Waals surface area contributed by atoms with Gasteiger partial charge in [-0.3, -0.25) is 9.36 Å². The normalized spacial score (nSPS) is 13.9. The molecule has 116 valence electrons. The predicted molar refractivity (Wildman–Crippen MR) is 92.3 cm³/mol. The molecule has 0 saturated heterocycles. The minimum atomic E-state index is 0.176. The molecule has 0 radical (unpaired) electrons. The molecule has 1 N–H and O–H groups in total. The van der Waals surface area contributed by atoms with Gasteiger partial charge < -0.3 is 5.32 Å². The van der Waals surface area contributed by atoms with Crippen molar-refractivity contribution in [2.75, 3.05) is 6.54 Å². The second-order valence-corrected chi connectivity index (χ2v) is 6.58. The lowest BCUT2D eigenvalue weighted by molar-refractivity contribution is 0.0897. The molecule has 0 amide bonds. The van der Waals surface area contributed by atoms with Crippen LogP contribution in [0.4, 0.5) is 0 Å². The monoisotopic (exact) mass is 360 g/mol. The van der Waals surface area contributed by atoms with E-state index in [1.54, 1.807) is 0 Å². The van der Waals surface area contributed by atoms with Gasteiger partial charge in [-0.2, -0.15) is 0 Å². The first-order valence-corrected chi connectivity index (χ1v) is 8.69. The number of nitrogens with one attached hydrogen (secondary N) is 1. The van der Waals surface area contributed by atoms with Crippen molar-refractivity contribution in [2.45, 2.75) is 39.2 Å². The summed E-state index contributed by atoms with van der Waals surface area (Å²) in [6.07, 6.45) is 3.30. The molecule has 0 bridgehead atoms. The molecule has 3 rings (SSSR count). The molecular weight excluding hydrogens is 340 g/mol. The Hall–Kier alpha value is -1.39. The Morgan fingerprint density at radius 2 is 2.00 bits per heavy atom. The number of nitrogens with zero attached hydrogens (tertiary/aromatic N) is 1. The van der Waals surface area contributed by atoms with Gasteiger partial charge in [0.25, 0.3) is 0 Å². The number of carbonyl (C=O) groups excluding carboxylic acids is 1. The van der Waals surface area contributed by atoms with Crippen LogP contribution in [0.25, 0.3) is 0 Å². The Morgan fingerprint density at radius 1 is 1.27 bits per heavy atom. The first-order valence-electron chi connectivity index (χ1n) is 7.89. The molecule has 0 spiro atoms. The minimum absolute atomic E-state index is 0.176. The zero-order valence-electron chi connectivity index (χ0n) is 12.9. The van der Waals surface area contributed by atoms with Gasteiger partial charge in [-0.25, -0.2) is 0 Å². The van der Waals surface area contributed by atoms with E-state index in [-0.39, 0.29) is 5.91 Å². The molecule has 0 atom stereocenters. The fourth-order valence-electron chi connectivity index (χ4n) is 2.99. The standard InChI is InChI=1S/C18H21BrN2O/c1-2-13-3-5-14(6-4-13)7-8-18(22)21-16-9-10-20-12-15(16)11-17(21)19/h3-6,11,20H,2,7-10,12H2,1H3. The third-order valence-electron chi connectivity index (χ3n) is 4.31. The quantitative estimate of drug-likeness (QED) is 0.901. The molecule has 0 aliphatic carbocycles. The van der Waals surface area contributed by atoms with E-state index in [2.05, 4.69) is 58.5 Å². The van der Waals surface area contributed by atoms with Crippen LogP contribution in [0.2, 0.25) is 0 Å². The number of aryl methyl sites for hydroxylation is 2. The SMILES string of the molecule is CCc1ccc(CCC(=O)n2c(Br)cc3c2CCNC3)cc1. The summed E-state index contributed by atoms with van der Waals surface area (Å²) in [5.41, 5.74) is 4.96. The van der Waals surface area contributed by atoms with Gasteiger partial charge in [0.2, 0.25) is 5.91 Å². The third-order valence-corrected chi connectivity index (χ3v) is 4.89. The molecule has 1 aromatic heterocycles. The molecule has 1 aliphatic rings. The lowest BCUT2D eigenvalue weighted by atomic mass is 10.1. The number of fused-ring (bicyclic) bond motifs is 1. The fraction of sp³-hybridized carbons (Fsp3) is 0.389. The lowest BCUT2D eigenvalue weighted by Crippen LogP contribution is -2.26. The molecule has 2 aromatic rings. The largest absolute Gasteiger partial charge is 0.312 e. The maximum Gasteiger partial charge on any atom is 0.232 e. The number of aromatic nitrogens is 1. The summed E-state index contributed by atoms with van der Waals surface area (Å²) in [5, 5.41) is 3.34. The van der Waals surface area contributed by atoms with Crippen LogP contribution in [-0.2, 0) is 25.8 Å². The summed E-state index contributed by atoms with van der Waals surface area (Å²) in [6.45, 7) is 3.95. The number of hydrogen-bond acceptors (Lipinski definition) is 2. The van der Waals surface area contributed by atoms with Crippen LogP contribution in [0.15, 0.2) is 34.9 Å². The fourth-order valence-corrected chi connectivity index (χ4v) is 3.68. The van der Waals surface area contributed by atoms with E-state index in [1.165, 1.54) is 16.7 Å². The number of halogens is 1. The van der Waals surface area contributed by atoms with Gasteiger partial charge >= 0.3 is 0 Å². The van der Waals surface area contributed by atoms with Gasteiger partial charge in [-0.05, 0) is 51.5 Å². The highest BCUT2D eigenvalue weighted by molar-refractivity contribution is 9.10. The highest BCUT2D eigenvalue weighted by atomic mass is 79.9. The summed E-state index contributed by atoms with van der Waals surface area (Å²) in [6, 6.07) is 10.6. The van der Waals surface area contributed by atoms with Crippen molar-refractivity contribution in [3.8, 4) is 0 Å². The van der Waals surface area contributed by atoms with E-state index in [1.807, 2.05) is 4.57 Å². The summed E-state index contributed by atoms with van der Waals surface area (Å²) in [7, 11) is 0. The van der Waals surface area contributed by atoms with Crippen LogP contribution in [0.3, 0.4) is 0 Å². The summed E-state index contributed by atoms with van der Waals surface area (Å²) >= 11 is 3.54. The van der Waals surface area contributed by atoms with E-state index in [4.69, 9.17) is 0 Å². The molecule has 22 heavy (non-hydrogen) atoms. The zero-order valence-corrected chi connectivity index (χ0v) is 14.4. The summed E-state index contributed by atoms with van der Waals surface area (Å²) in [5.74, 6) is 0.176. The Kier molecular flexibility index (Phi) is 4.79. The van der Waals surface area contributed by atoms with E-state index < -0.39 is 0 Å². The van der Waals surface area contributed by atoms with Crippen molar-refractivity contribution in [1.29, 1.82) is 0 Å². The minimum Gasteiger partial charge on any atom is -0.312 e. The average Bonchev–Trinajstić information content (AvgIpc) is 2.89. The topological polar surface area (TPSA) is 34.0 Å². The molecule has 0 saturated carbocycles. The first-order chi connectivity index (χ1) is 10.7. The number of hydrogen-bond donors (Lipinski definition) is 1. The van der Waals surface area contributed by atoms with Gasteiger partial charge in [0.15, 0.2) is 0 Å². The van der Waals surface area contributed by atoms with Gasteiger partial charge in [0.05, 0.1) is 4.60 Å². The van der Waals surface area contributed by atoms with E-state index in [9.17, 15) is 4.79 Å². The van der Waals surface area contributed by atoms with Gasteiger partial charge in [-0.1, -0.05) is 31.2 Å². The van der Waals surface area contributed by atoms with Crippen LogP contribution in [0.5, 0.6) is 0 Å². The van der Waals surface area contributed by atoms with Gasteiger partial charge in [0, 0.05) is 31.6 Å². The highest BCUT2D eigenvalue weighted by Crippen LogP contribution is 2.24. The molecule has 1 aromatic carbocycles. The smallest absolute Gasteiger partial charge is 0.232 e. The number of rotatable bonds is 4. The van der Waals surface area contributed by atoms with Crippen molar-refractivity contribution >= 4 is 21.8 Å². The molecule has 4 heteroatoms. The third kappa shape index (κ3) is 3.18. The highest BCUT2D eigenvalue weighted by Gasteiger charge is 2.20. The molecule has 0 fully saturated rings. The maximum absolute atomic E-state index is 12.6. The van der Waals surface area contributed by atoms with Crippen molar-refractivity contribution in [3.63, 3.8) is 0 Å². The molecule has 3 nitrogen and oxygen atoms in total. The molecule has 1 aliphatic heterocycles. The molecule has 0 unspecified atom stereocenters. The second kappa shape index (κ2) is 6.80. The lowest BCUT2D eigenvalue weighted by Gasteiger charge is -2.16. The van der Waals surface area contributed by atoms with Crippen molar-refractivity contribution in [2.24, 2.45) is 0 Å². The molecule has 2 heterocycles. The Balaban J connectivity index is 1.70. The Morgan fingerprint density at radius 3 is 2.73 bits per heavy atom. The Labute approximate surface area is 139 Å². The van der Waals surface area contributed by atoms with Crippen molar-refractivity contribution in [1.82, 2.24) is 9.88 Å². The van der Waals surface area contributed by atoms with Crippen LogP contribution >= 0.6 is 15.9 Å². The summed E-state index contributed by atoms with van der Waals surface area (Å²) < 4.78 is 2.74. The van der Waals surface area contributed by atoms with E-state index >= 15 is 0 Å². The van der Waals surface area contributed by atoms with Gasteiger partial charge in [0.1, 0.15) is 0 Å². The number of benzene rings is 1. The van der Waals surface area contributed by atoms with E-state index in [0.29, 0.717) is 6.42 Å². The van der Waals surface area contributed by atoms with Crippen LogP contribution in [-0.4, -0.2) is 17.0 Å². The maximum atomic E-state index is 12.6. The van der Waals surface area contributed by atoms with Crippen LogP contribution in [0.1, 0.15) is 40.5 Å². The van der Waals surface area contributed by atoms with Crippen molar-refractivity contribution < 1.29 is 4.79 Å². The second-order valence-electron chi connectivity index (χ2n) is 5.76. The van der Waals surface area contributed by atoms with Crippen LogP contribution < -0.4 is 5.32 Å². The van der Waals surface area contributed by atoms with Crippen LogP contribution in [0, 0.1) is 0 Å². The average molecular weight is 361 g/mol. The molecular formula is C18H21BrN2O. The summed E-state index contributed by atoms with van der Waals surface area (Å²) in [4.78, 5) is 12.6. The van der Waals surface area contributed by atoms with Gasteiger partial charge in [-0.15, -0.1) is 0 Å². The number of carbonyl (C=O) groups is 1. The van der Waals surface area contributed by atoms with Crippen molar-refractivity contribution in [3.05, 3.63) is 57.3 Å². The predicted octanol–water partition coefficient (Wildman–Crippen LogP) is 3.73.